The molecule has 448 valence electrons. The topological polar surface area (TPSA) is 1090 Å². The van der Waals surface area contributed by atoms with Gasteiger partial charge in [0.05, 0.1) is 0 Å². The van der Waals surface area contributed by atoms with Gasteiger partial charge >= 0.3 is 313 Å². The Kier molecular flexibility index (Phi) is 22.3. The van der Waals surface area contributed by atoms with Gasteiger partial charge < -0.3 is 88.9 Å². The molecule has 12 bridgehead atoms. The zero-order valence-electron chi connectivity index (χ0n) is 31.6. The van der Waals surface area contributed by atoms with Crippen LogP contribution in [0.5, 0.6) is 0 Å². The minimum atomic E-state index is -9.34. The fourth-order valence-corrected chi connectivity index (χ4v) is 416. The third-order valence-corrected chi connectivity index (χ3v) is 288. The van der Waals surface area contributed by atoms with Crippen molar-refractivity contribution in [1.82, 2.24) is 61.5 Å². The van der Waals surface area contributed by atoms with E-state index in [0.717, 1.165) is 0 Å². The predicted molar refractivity (Wildman–Crippen MR) is 119 cm³/mol. The molecule has 0 unspecified atom stereocenters. The second-order valence-corrected chi connectivity index (χ2v) is 156. The molecule has 0 radical (unpaired) electrons. The molecule has 68 heteroatoms. The first-order valence-corrected chi connectivity index (χ1v) is 83.2. The molecule has 0 aliphatic carbocycles. The van der Waals surface area contributed by atoms with Crippen molar-refractivity contribution in [3.63, 3.8) is 0 Å². The van der Waals surface area contributed by atoms with Gasteiger partial charge in [0.2, 0.25) is 0 Å². The molecule has 18 aliphatic rings. The molecular formula is H50N10O46W12. The van der Waals surface area contributed by atoms with Gasteiger partial charge in [-0.05, 0) is 0 Å². The second-order valence-electron chi connectivity index (χ2n) is 9.72. The molecule has 18 fully saturated rings. The molecule has 0 aromatic heterocycles. The monoisotopic (exact) mass is 3130 g/mol. The molecule has 18 rings (SSSR count). The molecule has 18 heterocycles. The van der Waals surface area contributed by atoms with Gasteiger partial charge in [0.25, 0.3) is 0 Å². The van der Waals surface area contributed by atoms with E-state index in [-0.39, 0.29) is 88.9 Å². The summed E-state index contributed by atoms with van der Waals surface area (Å²) in [7, 11) is 0. The van der Waals surface area contributed by atoms with E-state index in [1.165, 1.54) is 0 Å². The zero-order valence-corrected chi connectivity index (χ0v) is 66.8. The maximum absolute atomic E-state index is 12.9. The number of hydrogen-bond donors (Lipinski definition) is 20. The average Bonchev–Trinajstić information content (AvgIpc) is 2.45. The predicted octanol–water partition coefficient (Wildman–Crippen LogP) is -10.8. The van der Waals surface area contributed by atoms with Crippen LogP contribution in [0.1, 0.15) is 0 Å². The average molecular weight is 3130 g/mol. The van der Waals surface area contributed by atoms with Crippen LogP contribution in [-0.4, -0.2) is 65.0 Å². The van der Waals surface area contributed by atoms with Crippen LogP contribution in [-0.2, 0) is 275 Å². The summed E-state index contributed by atoms with van der Waals surface area (Å²) in [6, 6.07) is 0. The van der Waals surface area contributed by atoms with E-state index >= 15 is 0 Å². The van der Waals surface area contributed by atoms with Crippen molar-refractivity contribution in [2.75, 3.05) is 0 Å². The van der Waals surface area contributed by atoms with E-state index in [1.807, 2.05) is 0 Å². The Balaban J connectivity index is -0.000000400. The van der Waals surface area contributed by atoms with Gasteiger partial charge in [0, 0.05) is 0 Å². The molecule has 0 saturated carbocycles. The van der Waals surface area contributed by atoms with E-state index in [4.69, 9.17) is 0 Å². The van der Waals surface area contributed by atoms with Gasteiger partial charge in [-0.2, -0.15) is 0 Å². The Morgan fingerprint density at radius 3 is 0.324 bits per heavy atom. The SMILES string of the molecule is N.N.N.N.N.N.N.N.N.N.O.O.O.O.O.[O]=[W]12([OH])[O][W]3(=[O])([OH])[O][W](=[O])([OH])([O]3)[O][W]3(=[O])([OH])[O][W](=[O])([OH])([O]3)[O][W]3(=[O])([OH])[O][W]4(=[O])([O]3)[O][W]3(=[O])([O][W](=[O])([OH])([O][W]5(=[O])([OH])[O][W](=[O])([OH])([O][W](=[O])([OH])([O]1)[O]2)[O]5)[O]3)[O]4. The van der Waals surface area contributed by atoms with Gasteiger partial charge in [-0.3, -0.25) is 0 Å². The van der Waals surface area contributed by atoms with Crippen molar-refractivity contribution in [3.8, 4) is 0 Å². The van der Waals surface area contributed by atoms with Crippen LogP contribution in [0.2, 0.25) is 0 Å². The summed E-state index contributed by atoms with van der Waals surface area (Å²) in [5, 5.41) is 0. The van der Waals surface area contributed by atoms with E-state index in [1.54, 1.807) is 0 Å². The van der Waals surface area contributed by atoms with Gasteiger partial charge in [0.15, 0.2) is 0 Å². The summed E-state index contributed by atoms with van der Waals surface area (Å²) in [6.45, 7) is 0. The van der Waals surface area contributed by atoms with Crippen LogP contribution in [0.25, 0.3) is 0 Å². The fourth-order valence-electron chi connectivity index (χ4n) is 3.93. The Hall–Kier alpha value is 4.10. The van der Waals surface area contributed by atoms with Crippen LogP contribution in [0, 0.1) is 0 Å². The molecule has 18 saturated heterocycles. The third kappa shape index (κ3) is 13.7. The van der Waals surface area contributed by atoms with Gasteiger partial charge in [0.1, 0.15) is 0 Å². The van der Waals surface area contributed by atoms with Gasteiger partial charge in [-0.25, -0.2) is 0 Å². The molecular weight excluding hydrogens is 3080 g/mol. The van der Waals surface area contributed by atoms with Gasteiger partial charge in [-0.1, -0.05) is 0 Å². The molecule has 0 atom stereocenters. The van der Waals surface area contributed by atoms with Crippen molar-refractivity contribution in [2.24, 2.45) is 0 Å². The zero-order chi connectivity index (χ0) is 40.8. The summed E-state index contributed by atoms with van der Waals surface area (Å²) in [4.78, 5) is 0. The first-order valence-electron chi connectivity index (χ1n) is 10.2. The second kappa shape index (κ2) is 17.1. The number of rotatable bonds is 0. The standard InChI is InChI=1S/10H3N.15H2O.31O.12W/h10*1H3;15*1H2;;;;;;;;;;;;;;;;;;;;;;;;;;;;;;;;;;;;;;;;;;;/q;;;;;;;;;;;;;;;;;;;;;;;;;;;;;;;;;;;;;;;;;;;;;;;;;;;;;;;;;;10*+1/p-10. The van der Waals surface area contributed by atoms with E-state index in [2.05, 4.69) is 38.8 Å². The van der Waals surface area contributed by atoms with Crippen molar-refractivity contribution >= 4 is 0 Å². The summed E-state index contributed by atoms with van der Waals surface area (Å²) in [5.41, 5.74) is 0. The normalized spacial score (nSPS) is 42.8. The molecule has 50 N–H and O–H groups in total. The minimum absolute atomic E-state index is 0. The third-order valence-electron chi connectivity index (χ3n) is 4.30. The number of hydrogen-bond acceptors (Lipinski definition) is 41. The molecule has 0 aromatic carbocycles. The molecule has 68 heavy (non-hydrogen) atoms. The Morgan fingerprint density at radius 1 is 0.162 bits per heavy atom. The van der Waals surface area contributed by atoms with E-state index in [9.17, 15) is 78.4 Å². The molecule has 0 aromatic rings. The summed E-state index contributed by atoms with van der Waals surface area (Å²) in [6.07, 6.45) is 0. The summed E-state index contributed by atoms with van der Waals surface area (Å²) >= 11 is -109. The van der Waals surface area contributed by atoms with Crippen LogP contribution in [0.4, 0.5) is 0 Å². The molecule has 0 amide bonds. The molecule has 2 spiro atoms. The Bertz CT molecular complexity index is 2710. The molecule has 18 aliphatic heterocycles. The fraction of sp³-hybridized carbons (Fsp3) is 0. The van der Waals surface area contributed by atoms with Crippen LogP contribution >= 0.6 is 0 Å². The van der Waals surface area contributed by atoms with Crippen LogP contribution < -0.4 is 61.5 Å². The van der Waals surface area contributed by atoms with Crippen molar-refractivity contribution < 1.29 is 340 Å². The first kappa shape index (κ1) is 88.7. The quantitative estimate of drug-likeness (QED) is 0.107. The summed E-state index contributed by atoms with van der Waals surface area (Å²) in [5.74, 6) is 0. The van der Waals surface area contributed by atoms with Crippen molar-refractivity contribution in [3.05, 3.63) is 0 Å². The Labute approximate surface area is 395 Å². The maximum atomic E-state index is 12.9. The van der Waals surface area contributed by atoms with Crippen molar-refractivity contribution in [1.29, 1.82) is 0 Å². The molecule has 56 nitrogen and oxygen atoms in total. The van der Waals surface area contributed by atoms with Gasteiger partial charge in [-0.15, -0.1) is 0 Å². The van der Waals surface area contributed by atoms with Crippen LogP contribution in [0.15, 0.2) is 0 Å². The van der Waals surface area contributed by atoms with E-state index in [0.29, 0.717) is 0 Å². The first-order chi connectivity index (χ1) is 21.9. The summed E-state index contributed by atoms with van der Waals surface area (Å²) < 4.78 is 324. The van der Waals surface area contributed by atoms with Crippen LogP contribution in [0.3, 0.4) is 0 Å². The van der Waals surface area contributed by atoms with E-state index < -0.39 is 196 Å². The Morgan fingerprint density at radius 2 is 0.235 bits per heavy atom. The van der Waals surface area contributed by atoms with Crippen molar-refractivity contribution in [2.45, 2.75) is 0 Å².